The Balaban J connectivity index is 1.52. The zero-order chi connectivity index (χ0) is 20.9. The second kappa shape index (κ2) is 9.41. The van der Waals surface area contributed by atoms with Crippen LogP contribution in [-0.2, 0) is 10.0 Å². The van der Waals surface area contributed by atoms with Gasteiger partial charge < -0.3 is 10.1 Å². The fourth-order valence-corrected chi connectivity index (χ4v) is 5.00. The van der Waals surface area contributed by atoms with Crippen LogP contribution in [0.2, 0.25) is 0 Å². The van der Waals surface area contributed by atoms with Gasteiger partial charge in [0.05, 0.1) is 11.4 Å². The zero-order valence-corrected chi connectivity index (χ0v) is 17.8. The lowest BCUT2D eigenvalue weighted by Crippen LogP contribution is -2.35. The molecule has 2 aromatic carbocycles. The first-order valence-electron chi connectivity index (χ1n) is 9.96. The zero-order valence-electron chi connectivity index (χ0n) is 17.0. The SMILES string of the molecule is Cc1cc(C)cc(OCCNC(=O)c2ccc(S(=O)(=O)N3CCCCC3)cc2)c1. The van der Waals surface area contributed by atoms with Crippen LogP contribution in [0.3, 0.4) is 0 Å². The van der Waals surface area contributed by atoms with Gasteiger partial charge in [0.2, 0.25) is 10.0 Å². The van der Waals surface area contributed by atoms with Crippen molar-refractivity contribution < 1.29 is 17.9 Å². The molecule has 1 N–H and O–H groups in total. The molecular formula is C22H28N2O4S. The number of benzene rings is 2. The van der Waals surface area contributed by atoms with E-state index in [9.17, 15) is 13.2 Å². The van der Waals surface area contributed by atoms with Gasteiger partial charge in [0.15, 0.2) is 0 Å². The molecule has 1 heterocycles. The van der Waals surface area contributed by atoms with E-state index < -0.39 is 10.0 Å². The molecule has 0 atom stereocenters. The molecule has 0 spiro atoms. The molecule has 1 aliphatic heterocycles. The van der Waals surface area contributed by atoms with Gasteiger partial charge in [-0.3, -0.25) is 4.79 Å². The van der Waals surface area contributed by atoms with Crippen molar-refractivity contribution in [3.8, 4) is 5.75 Å². The molecule has 156 valence electrons. The number of aryl methyl sites for hydroxylation is 2. The third-order valence-corrected chi connectivity index (χ3v) is 6.83. The predicted octanol–water partition coefficient (Wildman–Crippen LogP) is 3.29. The topological polar surface area (TPSA) is 75.7 Å². The Morgan fingerprint density at radius 2 is 1.62 bits per heavy atom. The Bertz CT molecular complexity index is 929. The highest BCUT2D eigenvalue weighted by Gasteiger charge is 2.25. The fourth-order valence-electron chi connectivity index (χ4n) is 3.48. The number of hydrogen-bond donors (Lipinski definition) is 1. The van der Waals surface area contributed by atoms with E-state index >= 15 is 0 Å². The Labute approximate surface area is 172 Å². The van der Waals surface area contributed by atoms with Crippen molar-refractivity contribution in [3.63, 3.8) is 0 Å². The van der Waals surface area contributed by atoms with Crippen LogP contribution in [0.4, 0.5) is 0 Å². The first-order chi connectivity index (χ1) is 13.9. The number of carbonyl (C=O) groups excluding carboxylic acids is 1. The van der Waals surface area contributed by atoms with Gasteiger partial charge in [-0.15, -0.1) is 0 Å². The van der Waals surface area contributed by atoms with Gasteiger partial charge in [0.1, 0.15) is 12.4 Å². The van der Waals surface area contributed by atoms with Crippen LogP contribution in [0, 0.1) is 13.8 Å². The highest BCUT2D eigenvalue weighted by molar-refractivity contribution is 7.89. The van der Waals surface area contributed by atoms with Gasteiger partial charge in [0, 0.05) is 18.7 Å². The van der Waals surface area contributed by atoms with Crippen molar-refractivity contribution in [1.82, 2.24) is 9.62 Å². The number of rotatable bonds is 7. The normalized spacial score (nSPS) is 15.1. The van der Waals surface area contributed by atoms with E-state index in [2.05, 4.69) is 11.4 Å². The van der Waals surface area contributed by atoms with E-state index in [-0.39, 0.29) is 10.8 Å². The molecule has 1 amide bonds. The van der Waals surface area contributed by atoms with Crippen LogP contribution in [-0.4, -0.2) is 44.9 Å². The van der Waals surface area contributed by atoms with Gasteiger partial charge in [-0.1, -0.05) is 12.5 Å². The lowest BCUT2D eigenvalue weighted by Gasteiger charge is -2.25. The molecule has 1 fully saturated rings. The number of ether oxygens (including phenoxy) is 1. The number of hydrogen-bond acceptors (Lipinski definition) is 4. The maximum absolute atomic E-state index is 12.7. The summed E-state index contributed by atoms with van der Waals surface area (Å²) in [6.07, 6.45) is 2.85. The van der Waals surface area contributed by atoms with Crippen LogP contribution in [0.25, 0.3) is 0 Å². The molecule has 7 heteroatoms. The minimum absolute atomic E-state index is 0.231. The second-order valence-corrected chi connectivity index (χ2v) is 9.35. The van der Waals surface area contributed by atoms with E-state index in [4.69, 9.17) is 4.74 Å². The number of piperidine rings is 1. The molecule has 0 aliphatic carbocycles. The van der Waals surface area contributed by atoms with Crippen LogP contribution < -0.4 is 10.1 Å². The van der Waals surface area contributed by atoms with Crippen LogP contribution in [0.1, 0.15) is 40.7 Å². The Kier molecular flexibility index (Phi) is 6.92. The average Bonchev–Trinajstić information content (AvgIpc) is 2.71. The molecule has 29 heavy (non-hydrogen) atoms. The molecule has 1 saturated heterocycles. The van der Waals surface area contributed by atoms with Crippen molar-refractivity contribution in [3.05, 3.63) is 59.2 Å². The first kappa shape index (κ1) is 21.3. The molecule has 6 nitrogen and oxygen atoms in total. The number of sulfonamides is 1. The van der Waals surface area contributed by atoms with Crippen molar-refractivity contribution in [2.75, 3.05) is 26.2 Å². The van der Waals surface area contributed by atoms with Crippen molar-refractivity contribution >= 4 is 15.9 Å². The standard InChI is InChI=1S/C22H28N2O4S/c1-17-14-18(2)16-20(15-17)28-13-10-23-22(25)19-6-8-21(9-7-19)29(26,27)24-11-4-3-5-12-24/h6-9,14-16H,3-5,10-13H2,1-2H3,(H,23,25). The third kappa shape index (κ3) is 5.58. The molecule has 0 saturated carbocycles. The van der Waals surface area contributed by atoms with Gasteiger partial charge >= 0.3 is 0 Å². The molecule has 0 aromatic heterocycles. The molecule has 0 unspecified atom stereocenters. The maximum Gasteiger partial charge on any atom is 0.251 e. The summed E-state index contributed by atoms with van der Waals surface area (Å²) >= 11 is 0. The van der Waals surface area contributed by atoms with E-state index in [0.717, 1.165) is 36.1 Å². The summed E-state index contributed by atoms with van der Waals surface area (Å²) in [5.74, 6) is 0.528. The van der Waals surface area contributed by atoms with Gasteiger partial charge in [-0.2, -0.15) is 4.31 Å². The monoisotopic (exact) mass is 416 g/mol. The Hall–Kier alpha value is -2.38. The molecule has 2 aromatic rings. The maximum atomic E-state index is 12.7. The third-order valence-electron chi connectivity index (χ3n) is 4.92. The van der Waals surface area contributed by atoms with Gasteiger partial charge in [0.25, 0.3) is 5.91 Å². The number of nitrogens with zero attached hydrogens (tertiary/aromatic N) is 1. The molecule has 0 bridgehead atoms. The van der Waals surface area contributed by atoms with E-state index in [1.807, 2.05) is 26.0 Å². The minimum atomic E-state index is -3.48. The number of amides is 1. The van der Waals surface area contributed by atoms with E-state index in [1.54, 1.807) is 12.1 Å². The Morgan fingerprint density at radius 3 is 2.24 bits per heavy atom. The number of nitrogens with one attached hydrogen (secondary N) is 1. The number of carbonyl (C=O) groups is 1. The van der Waals surface area contributed by atoms with Gasteiger partial charge in [-0.05, 0) is 74.2 Å². The lowest BCUT2D eigenvalue weighted by atomic mass is 10.1. The van der Waals surface area contributed by atoms with Crippen molar-refractivity contribution in [2.24, 2.45) is 0 Å². The summed E-state index contributed by atoms with van der Waals surface area (Å²) in [6.45, 7) is 5.86. The Morgan fingerprint density at radius 1 is 1.00 bits per heavy atom. The van der Waals surface area contributed by atoms with Gasteiger partial charge in [-0.25, -0.2) is 8.42 Å². The molecule has 0 radical (unpaired) electrons. The van der Waals surface area contributed by atoms with Crippen molar-refractivity contribution in [2.45, 2.75) is 38.0 Å². The predicted molar refractivity (Wildman–Crippen MR) is 113 cm³/mol. The van der Waals surface area contributed by atoms with Crippen LogP contribution in [0.15, 0.2) is 47.4 Å². The lowest BCUT2D eigenvalue weighted by molar-refractivity contribution is 0.0947. The highest BCUT2D eigenvalue weighted by atomic mass is 32.2. The molecular weight excluding hydrogens is 388 g/mol. The van der Waals surface area contributed by atoms with Crippen molar-refractivity contribution in [1.29, 1.82) is 0 Å². The summed E-state index contributed by atoms with van der Waals surface area (Å²) in [4.78, 5) is 12.5. The first-order valence-corrected chi connectivity index (χ1v) is 11.4. The minimum Gasteiger partial charge on any atom is -0.492 e. The summed E-state index contributed by atoms with van der Waals surface area (Å²) in [6, 6.07) is 12.1. The van der Waals surface area contributed by atoms with E-state index in [1.165, 1.54) is 16.4 Å². The molecule has 1 aliphatic rings. The second-order valence-electron chi connectivity index (χ2n) is 7.42. The summed E-state index contributed by atoms with van der Waals surface area (Å²) in [5, 5.41) is 2.80. The smallest absolute Gasteiger partial charge is 0.251 e. The summed E-state index contributed by atoms with van der Waals surface area (Å²) in [7, 11) is -3.48. The largest absolute Gasteiger partial charge is 0.492 e. The van der Waals surface area contributed by atoms with Crippen LogP contribution >= 0.6 is 0 Å². The fraction of sp³-hybridized carbons (Fsp3) is 0.409. The van der Waals surface area contributed by atoms with Crippen LogP contribution in [0.5, 0.6) is 5.75 Å². The quantitative estimate of drug-likeness (QED) is 0.703. The average molecular weight is 417 g/mol. The molecule has 3 rings (SSSR count). The van der Waals surface area contributed by atoms with E-state index in [0.29, 0.717) is 31.8 Å². The summed E-state index contributed by atoms with van der Waals surface area (Å²) < 4.78 is 32.6. The summed E-state index contributed by atoms with van der Waals surface area (Å²) in [5.41, 5.74) is 2.68. The highest BCUT2D eigenvalue weighted by Crippen LogP contribution is 2.21.